The van der Waals surface area contributed by atoms with Crippen LogP contribution in [-0.2, 0) is 11.2 Å². The van der Waals surface area contributed by atoms with Gasteiger partial charge in [0.1, 0.15) is 5.69 Å². The molecule has 3 heterocycles. The van der Waals surface area contributed by atoms with Crippen LogP contribution in [0.2, 0.25) is 0 Å². The molecule has 0 saturated carbocycles. The molecule has 2 saturated heterocycles. The van der Waals surface area contributed by atoms with Crippen LogP contribution in [0, 0.1) is 0 Å². The number of carbonyl (C=O) groups excluding carboxylic acids is 1. The summed E-state index contributed by atoms with van der Waals surface area (Å²) in [5.74, 6) is -0.0136. The molecule has 1 aromatic heterocycles. The van der Waals surface area contributed by atoms with E-state index in [2.05, 4.69) is 40.9 Å². The quantitative estimate of drug-likeness (QED) is 0.774. The SMILES string of the molecule is CN(C)C[C@H]1CC[C@@H](Cc2cncc(C(=O)N3CCN(C)CC3)n2)O1. The number of hydrogen-bond donors (Lipinski definition) is 0. The fourth-order valence-electron chi connectivity index (χ4n) is 3.48. The molecular formula is C18H29N5O2. The van der Waals surface area contributed by atoms with Gasteiger partial charge in [-0.05, 0) is 34.0 Å². The van der Waals surface area contributed by atoms with E-state index in [1.807, 2.05) is 4.90 Å². The average Bonchev–Trinajstić information content (AvgIpc) is 3.01. The number of ether oxygens (including phenoxy) is 1. The summed E-state index contributed by atoms with van der Waals surface area (Å²) in [7, 11) is 6.21. The van der Waals surface area contributed by atoms with Crippen LogP contribution in [-0.4, -0.2) is 96.6 Å². The molecule has 7 nitrogen and oxygen atoms in total. The standard InChI is InChI=1S/C18H29N5O2/c1-21(2)13-16-5-4-15(25-16)10-14-11-19-12-17(20-14)18(24)23-8-6-22(3)7-9-23/h11-12,15-16H,4-10,13H2,1-3H3/t15-,16+/m0/s1. The molecule has 0 aromatic carbocycles. The molecule has 2 aliphatic rings. The maximum absolute atomic E-state index is 12.6. The number of nitrogens with zero attached hydrogens (tertiary/aromatic N) is 5. The second kappa shape index (κ2) is 8.21. The first kappa shape index (κ1) is 18.2. The van der Waals surface area contributed by atoms with Gasteiger partial charge in [0.15, 0.2) is 0 Å². The monoisotopic (exact) mass is 347 g/mol. The Morgan fingerprint density at radius 2 is 1.92 bits per heavy atom. The molecule has 0 radical (unpaired) electrons. The van der Waals surface area contributed by atoms with Gasteiger partial charge in [-0.2, -0.15) is 0 Å². The van der Waals surface area contributed by atoms with Crippen molar-refractivity contribution in [2.24, 2.45) is 0 Å². The zero-order chi connectivity index (χ0) is 17.8. The van der Waals surface area contributed by atoms with Crippen LogP contribution in [0.3, 0.4) is 0 Å². The summed E-state index contributed by atoms with van der Waals surface area (Å²) in [5.41, 5.74) is 1.29. The molecular weight excluding hydrogens is 318 g/mol. The van der Waals surface area contributed by atoms with Crippen molar-refractivity contribution in [2.45, 2.75) is 31.5 Å². The minimum Gasteiger partial charge on any atom is -0.373 e. The molecule has 1 amide bonds. The summed E-state index contributed by atoms with van der Waals surface area (Å²) < 4.78 is 6.09. The lowest BCUT2D eigenvalue weighted by Gasteiger charge is -2.32. The Morgan fingerprint density at radius 3 is 2.64 bits per heavy atom. The van der Waals surface area contributed by atoms with Gasteiger partial charge in [0.25, 0.3) is 5.91 Å². The number of piperazine rings is 1. The number of hydrogen-bond acceptors (Lipinski definition) is 6. The summed E-state index contributed by atoms with van der Waals surface area (Å²) in [6.45, 7) is 4.26. The first-order valence-electron chi connectivity index (χ1n) is 9.10. The van der Waals surface area contributed by atoms with Crippen LogP contribution in [0.4, 0.5) is 0 Å². The molecule has 0 bridgehead atoms. The van der Waals surface area contributed by atoms with Crippen LogP contribution >= 0.6 is 0 Å². The predicted octanol–water partition coefficient (Wildman–Crippen LogP) is 0.516. The molecule has 2 aliphatic heterocycles. The molecule has 2 fully saturated rings. The Kier molecular flexibility index (Phi) is 5.98. The van der Waals surface area contributed by atoms with Gasteiger partial charge in [-0.3, -0.25) is 9.78 Å². The van der Waals surface area contributed by atoms with Crippen LogP contribution in [0.5, 0.6) is 0 Å². The minimum atomic E-state index is -0.0136. The summed E-state index contributed by atoms with van der Waals surface area (Å²) in [6.07, 6.45) is 6.64. The Balaban J connectivity index is 1.57. The van der Waals surface area contributed by atoms with Crippen molar-refractivity contribution in [1.29, 1.82) is 0 Å². The first-order valence-corrected chi connectivity index (χ1v) is 9.10. The lowest BCUT2D eigenvalue weighted by Crippen LogP contribution is -2.47. The van der Waals surface area contributed by atoms with Gasteiger partial charge < -0.3 is 19.4 Å². The Morgan fingerprint density at radius 1 is 1.20 bits per heavy atom. The third-order valence-corrected chi connectivity index (χ3v) is 4.90. The van der Waals surface area contributed by atoms with E-state index < -0.39 is 0 Å². The highest BCUT2D eigenvalue weighted by Gasteiger charge is 2.27. The molecule has 25 heavy (non-hydrogen) atoms. The van der Waals surface area contributed by atoms with E-state index in [-0.39, 0.29) is 12.0 Å². The highest BCUT2D eigenvalue weighted by atomic mass is 16.5. The number of rotatable bonds is 5. The smallest absolute Gasteiger partial charge is 0.274 e. The fraction of sp³-hybridized carbons (Fsp3) is 0.722. The van der Waals surface area contributed by atoms with Gasteiger partial charge in [0, 0.05) is 45.3 Å². The Bertz CT molecular complexity index is 587. The van der Waals surface area contributed by atoms with Crippen LogP contribution in [0.15, 0.2) is 12.4 Å². The predicted molar refractivity (Wildman–Crippen MR) is 95.6 cm³/mol. The van der Waals surface area contributed by atoms with E-state index in [0.29, 0.717) is 11.8 Å². The molecule has 2 atom stereocenters. The Hall–Kier alpha value is -1.57. The molecule has 0 unspecified atom stereocenters. The second-order valence-electron chi connectivity index (χ2n) is 7.41. The number of carbonyl (C=O) groups is 1. The molecule has 7 heteroatoms. The van der Waals surface area contributed by atoms with Crippen LogP contribution in [0.1, 0.15) is 29.0 Å². The zero-order valence-corrected chi connectivity index (χ0v) is 15.5. The molecule has 1 aromatic rings. The second-order valence-corrected chi connectivity index (χ2v) is 7.41. The summed E-state index contributed by atoms with van der Waals surface area (Å²) in [5, 5.41) is 0. The summed E-state index contributed by atoms with van der Waals surface area (Å²) in [4.78, 5) is 27.7. The van der Waals surface area contributed by atoms with E-state index in [0.717, 1.165) is 57.7 Å². The van der Waals surface area contributed by atoms with Crippen molar-refractivity contribution >= 4 is 5.91 Å². The van der Waals surface area contributed by atoms with E-state index in [1.165, 1.54) is 0 Å². The van der Waals surface area contributed by atoms with Crippen molar-refractivity contribution in [3.8, 4) is 0 Å². The van der Waals surface area contributed by atoms with E-state index in [9.17, 15) is 4.79 Å². The number of likely N-dealkylation sites (N-methyl/N-ethyl adjacent to an activating group) is 2. The van der Waals surface area contributed by atoms with Crippen LogP contribution < -0.4 is 0 Å². The summed E-state index contributed by atoms with van der Waals surface area (Å²) in [6, 6.07) is 0. The van der Waals surface area contributed by atoms with Crippen LogP contribution in [0.25, 0.3) is 0 Å². The molecule has 0 N–H and O–H groups in total. The normalized spacial score (nSPS) is 24.9. The van der Waals surface area contributed by atoms with Crippen molar-refractivity contribution < 1.29 is 9.53 Å². The lowest BCUT2D eigenvalue weighted by molar-refractivity contribution is 0.0311. The van der Waals surface area contributed by atoms with Crippen molar-refractivity contribution in [3.05, 3.63) is 23.8 Å². The maximum atomic E-state index is 12.6. The molecule has 0 spiro atoms. The molecule has 0 aliphatic carbocycles. The van der Waals surface area contributed by atoms with Gasteiger partial charge in [0.05, 0.1) is 24.1 Å². The largest absolute Gasteiger partial charge is 0.373 e. The number of aromatic nitrogens is 2. The number of amides is 1. The maximum Gasteiger partial charge on any atom is 0.274 e. The summed E-state index contributed by atoms with van der Waals surface area (Å²) >= 11 is 0. The molecule has 3 rings (SSSR count). The van der Waals surface area contributed by atoms with E-state index in [1.54, 1.807) is 12.4 Å². The average molecular weight is 347 g/mol. The first-order chi connectivity index (χ1) is 12.0. The Labute approximate surface area is 150 Å². The van der Waals surface area contributed by atoms with E-state index >= 15 is 0 Å². The van der Waals surface area contributed by atoms with Crippen molar-refractivity contribution in [1.82, 2.24) is 24.7 Å². The third-order valence-electron chi connectivity index (χ3n) is 4.90. The highest BCUT2D eigenvalue weighted by Crippen LogP contribution is 2.22. The van der Waals surface area contributed by atoms with Crippen molar-refractivity contribution in [2.75, 3.05) is 53.9 Å². The van der Waals surface area contributed by atoms with E-state index in [4.69, 9.17) is 4.74 Å². The van der Waals surface area contributed by atoms with Gasteiger partial charge in [-0.15, -0.1) is 0 Å². The highest BCUT2D eigenvalue weighted by molar-refractivity contribution is 5.92. The molecule has 138 valence electrons. The van der Waals surface area contributed by atoms with Gasteiger partial charge in [-0.1, -0.05) is 0 Å². The van der Waals surface area contributed by atoms with Gasteiger partial charge >= 0.3 is 0 Å². The van der Waals surface area contributed by atoms with Crippen molar-refractivity contribution in [3.63, 3.8) is 0 Å². The third kappa shape index (κ3) is 4.96. The fourth-order valence-corrected chi connectivity index (χ4v) is 3.48. The zero-order valence-electron chi connectivity index (χ0n) is 15.5. The topological polar surface area (TPSA) is 61.8 Å². The minimum absolute atomic E-state index is 0.0136. The van der Waals surface area contributed by atoms with Gasteiger partial charge in [-0.25, -0.2) is 4.98 Å². The van der Waals surface area contributed by atoms with Gasteiger partial charge in [0.2, 0.25) is 0 Å². The lowest BCUT2D eigenvalue weighted by atomic mass is 10.1.